The zero-order valence-corrected chi connectivity index (χ0v) is 8.09. The summed E-state index contributed by atoms with van der Waals surface area (Å²) in [5, 5.41) is 0. The molecular weight excluding hydrogens is 172 g/mol. The fourth-order valence-electron chi connectivity index (χ4n) is 0.569. The summed E-state index contributed by atoms with van der Waals surface area (Å²) >= 11 is 0. The largest absolute Gasteiger partial charge is 0.233 e. The van der Waals surface area contributed by atoms with Crippen LogP contribution in [0.15, 0.2) is 0 Å². The molecule has 0 heterocycles. The van der Waals surface area contributed by atoms with E-state index in [1.165, 1.54) is 0 Å². The molecule has 0 bridgehead atoms. The summed E-state index contributed by atoms with van der Waals surface area (Å²) in [6.45, 7) is 5.71. The van der Waals surface area contributed by atoms with Crippen molar-refractivity contribution in [2.75, 3.05) is 5.75 Å². The molecule has 0 rings (SSSR count). The summed E-state index contributed by atoms with van der Waals surface area (Å²) in [6, 6.07) is 0. The van der Waals surface area contributed by atoms with Crippen LogP contribution in [0.2, 0.25) is 0 Å². The van der Waals surface area contributed by atoms with E-state index in [0.717, 1.165) is 6.42 Å². The second-order valence-electron chi connectivity index (χ2n) is 3.20. The van der Waals surface area contributed by atoms with Gasteiger partial charge in [-0.3, -0.25) is 0 Å². The minimum absolute atomic E-state index is 0.0536. The van der Waals surface area contributed by atoms with Crippen LogP contribution in [0.4, 0.5) is 0 Å². The van der Waals surface area contributed by atoms with Crippen LogP contribution in [-0.2, 0) is 9.05 Å². The van der Waals surface area contributed by atoms with Gasteiger partial charge in [0.25, 0.3) is 0 Å². The third-order valence-corrected chi connectivity index (χ3v) is 2.97. The summed E-state index contributed by atoms with van der Waals surface area (Å²) in [5.41, 5.74) is -0.194. The van der Waals surface area contributed by atoms with Gasteiger partial charge in [-0.15, -0.1) is 0 Å². The molecule has 0 amide bonds. The molecule has 0 unspecified atom stereocenters. The molecule has 0 atom stereocenters. The first-order valence-corrected chi connectivity index (χ1v) is 5.67. The Morgan fingerprint density at radius 1 is 1.40 bits per heavy atom. The van der Waals surface area contributed by atoms with Crippen LogP contribution in [0.3, 0.4) is 0 Å². The number of halogens is 1. The van der Waals surface area contributed by atoms with Crippen LogP contribution in [0.1, 0.15) is 27.2 Å². The molecule has 0 aromatic carbocycles. The molecule has 0 saturated carbocycles. The lowest BCUT2D eigenvalue weighted by Gasteiger charge is -2.19. The van der Waals surface area contributed by atoms with Crippen molar-refractivity contribution in [1.82, 2.24) is 0 Å². The van der Waals surface area contributed by atoms with E-state index in [4.69, 9.17) is 10.7 Å². The molecule has 62 valence electrons. The molecule has 0 fully saturated rings. The fraction of sp³-hybridized carbons (Fsp3) is 1.00. The summed E-state index contributed by atoms with van der Waals surface area (Å²) in [5.74, 6) is 0.0536. The van der Waals surface area contributed by atoms with Gasteiger partial charge in [0.2, 0.25) is 9.05 Å². The van der Waals surface area contributed by atoms with E-state index in [1.807, 2.05) is 20.8 Å². The van der Waals surface area contributed by atoms with E-state index in [0.29, 0.717) is 0 Å². The first-order chi connectivity index (χ1) is 4.27. The third-order valence-electron chi connectivity index (χ3n) is 1.52. The van der Waals surface area contributed by atoms with Crippen molar-refractivity contribution in [1.29, 1.82) is 0 Å². The smallest absolute Gasteiger partial charge is 0.212 e. The van der Waals surface area contributed by atoms with Crippen LogP contribution in [0, 0.1) is 5.41 Å². The highest BCUT2D eigenvalue weighted by Gasteiger charge is 2.22. The van der Waals surface area contributed by atoms with Gasteiger partial charge in [-0.2, -0.15) is 0 Å². The van der Waals surface area contributed by atoms with Gasteiger partial charge in [0.15, 0.2) is 0 Å². The van der Waals surface area contributed by atoms with Crippen molar-refractivity contribution in [2.45, 2.75) is 27.2 Å². The van der Waals surface area contributed by atoms with Gasteiger partial charge < -0.3 is 0 Å². The van der Waals surface area contributed by atoms with Crippen molar-refractivity contribution < 1.29 is 8.42 Å². The van der Waals surface area contributed by atoms with Gasteiger partial charge >= 0.3 is 0 Å². The standard InChI is InChI=1S/C6H13ClO2S/c1-4-6(2,3)5-10(7,8)9/h4-5H2,1-3H3. The molecule has 0 spiro atoms. The highest BCUT2D eigenvalue weighted by Crippen LogP contribution is 2.23. The SMILES string of the molecule is CCC(C)(C)CS(=O)(=O)Cl. The van der Waals surface area contributed by atoms with Crippen molar-refractivity contribution in [3.05, 3.63) is 0 Å². The van der Waals surface area contributed by atoms with Crippen molar-refractivity contribution in [3.63, 3.8) is 0 Å². The maximum absolute atomic E-state index is 10.6. The predicted octanol–water partition coefficient (Wildman–Crippen LogP) is 1.99. The van der Waals surface area contributed by atoms with E-state index in [1.54, 1.807) is 0 Å². The maximum atomic E-state index is 10.6. The normalized spacial score (nSPS) is 13.6. The van der Waals surface area contributed by atoms with Gasteiger partial charge in [0.05, 0.1) is 5.75 Å². The quantitative estimate of drug-likeness (QED) is 0.629. The van der Waals surface area contributed by atoms with Crippen LogP contribution >= 0.6 is 10.7 Å². The van der Waals surface area contributed by atoms with Crippen molar-refractivity contribution in [2.24, 2.45) is 5.41 Å². The molecule has 10 heavy (non-hydrogen) atoms. The Morgan fingerprint density at radius 3 is 1.90 bits per heavy atom. The summed E-state index contributed by atoms with van der Waals surface area (Å²) < 4.78 is 21.1. The molecule has 4 heteroatoms. The zero-order valence-electron chi connectivity index (χ0n) is 6.52. The summed E-state index contributed by atoms with van der Waals surface area (Å²) in [4.78, 5) is 0. The predicted molar refractivity (Wildman–Crippen MR) is 43.7 cm³/mol. The molecular formula is C6H13ClO2S. The molecule has 2 nitrogen and oxygen atoms in total. The van der Waals surface area contributed by atoms with E-state index in [9.17, 15) is 8.42 Å². The van der Waals surface area contributed by atoms with Crippen molar-refractivity contribution >= 4 is 19.7 Å². The molecule has 0 aliphatic heterocycles. The average molecular weight is 185 g/mol. The summed E-state index contributed by atoms with van der Waals surface area (Å²) in [6.07, 6.45) is 0.818. The minimum Gasteiger partial charge on any atom is -0.212 e. The Kier molecular flexibility index (Phi) is 3.17. The molecule has 0 radical (unpaired) electrons. The first kappa shape index (κ1) is 10.2. The fourth-order valence-corrected chi connectivity index (χ4v) is 2.59. The lowest BCUT2D eigenvalue weighted by molar-refractivity contribution is 0.399. The van der Waals surface area contributed by atoms with E-state index in [2.05, 4.69) is 0 Å². The van der Waals surface area contributed by atoms with Crippen LogP contribution in [0.5, 0.6) is 0 Å². The average Bonchev–Trinajstić information content (AvgIpc) is 1.60. The Balaban J connectivity index is 4.16. The van der Waals surface area contributed by atoms with E-state index in [-0.39, 0.29) is 11.2 Å². The van der Waals surface area contributed by atoms with Gasteiger partial charge in [-0.25, -0.2) is 8.42 Å². The summed E-state index contributed by atoms with van der Waals surface area (Å²) in [7, 11) is 1.75. The van der Waals surface area contributed by atoms with Crippen LogP contribution in [0.25, 0.3) is 0 Å². The molecule has 0 aliphatic carbocycles. The lowest BCUT2D eigenvalue weighted by Crippen LogP contribution is -2.19. The highest BCUT2D eigenvalue weighted by atomic mass is 35.7. The molecule has 0 aliphatic rings. The molecule has 0 N–H and O–H groups in total. The number of hydrogen-bond acceptors (Lipinski definition) is 2. The second kappa shape index (κ2) is 3.09. The van der Waals surface area contributed by atoms with Gasteiger partial charge in [0, 0.05) is 10.7 Å². The Bertz CT molecular complexity index is 194. The van der Waals surface area contributed by atoms with E-state index < -0.39 is 9.05 Å². The van der Waals surface area contributed by atoms with Crippen LogP contribution < -0.4 is 0 Å². The molecule has 0 aromatic rings. The monoisotopic (exact) mass is 184 g/mol. The first-order valence-electron chi connectivity index (χ1n) is 3.19. The number of rotatable bonds is 3. The minimum atomic E-state index is -3.32. The van der Waals surface area contributed by atoms with E-state index >= 15 is 0 Å². The Hall–Kier alpha value is 0.240. The van der Waals surface area contributed by atoms with Gasteiger partial charge in [-0.1, -0.05) is 20.8 Å². The molecule has 0 saturated heterocycles. The van der Waals surface area contributed by atoms with Crippen LogP contribution in [-0.4, -0.2) is 14.2 Å². The Labute approximate surface area is 67.0 Å². The third kappa shape index (κ3) is 5.06. The highest BCUT2D eigenvalue weighted by molar-refractivity contribution is 8.13. The van der Waals surface area contributed by atoms with Gasteiger partial charge in [0.1, 0.15) is 0 Å². The second-order valence-corrected chi connectivity index (χ2v) is 5.98. The lowest BCUT2D eigenvalue weighted by atomic mass is 9.93. The molecule has 0 aromatic heterocycles. The maximum Gasteiger partial charge on any atom is 0.233 e. The zero-order chi connectivity index (χ0) is 8.41. The van der Waals surface area contributed by atoms with Gasteiger partial charge in [-0.05, 0) is 11.8 Å². The number of hydrogen-bond donors (Lipinski definition) is 0. The Morgan fingerprint density at radius 2 is 1.80 bits per heavy atom. The topological polar surface area (TPSA) is 34.1 Å². The van der Waals surface area contributed by atoms with Crippen molar-refractivity contribution in [3.8, 4) is 0 Å².